The first kappa shape index (κ1) is 12.4. The summed E-state index contributed by atoms with van der Waals surface area (Å²) in [5, 5.41) is 16.0. The zero-order valence-electron chi connectivity index (χ0n) is 10.4. The summed E-state index contributed by atoms with van der Waals surface area (Å²) in [6.45, 7) is 2.65. The molecule has 7 heteroatoms. The van der Waals surface area contributed by atoms with Crippen molar-refractivity contribution < 1.29 is 4.74 Å². The van der Waals surface area contributed by atoms with Gasteiger partial charge in [0.1, 0.15) is 0 Å². The van der Waals surface area contributed by atoms with Gasteiger partial charge in [-0.15, -0.1) is 5.10 Å². The molecule has 0 radical (unpaired) electrons. The second kappa shape index (κ2) is 5.99. The number of hydrogen-bond donors (Lipinski definition) is 1. The molecule has 2 saturated carbocycles. The van der Waals surface area contributed by atoms with Gasteiger partial charge >= 0.3 is 0 Å². The molecule has 0 bridgehead atoms. The van der Waals surface area contributed by atoms with Gasteiger partial charge in [0.15, 0.2) is 0 Å². The van der Waals surface area contributed by atoms with Crippen LogP contribution in [0.3, 0.4) is 0 Å². The van der Waals surface area contributed by atoms with E-state index in [-0.39, 0.29) is 0 Å². The maximum Gasteiger partial charge on any atom is 0.211 e. The Morgan fingerprint density at radius 1 is 1.33 bits per heavy atom. The molecule has 0 spiro atoms. The number of nitrogens with zero attached hydrogens (tertiary/aromatic N) is 4. The number of thioether (sulfide) groups is 1. The summed E-state index contributed by atoms with van der Waals surface area (Å²) in [5.74, 6) is 1.46. The predicted octanol–water partition coefficient (Wildman–Crippen LogP) is 0.901. The van der Waals surface area contributed by atoms with E-state index in [0.29, 0.717) is 5.94 Å². The van der Waals surface area contributed by atoms with Gasteiger partial charge in [-0.05, 0) is 42.0 Å². The molecule has 0 aliphatic heterocycles. The predicted molar refractivity (Wildman–Crippen MR) is 68.2 cm³/mol. The Morgan fingerprint density at radius 3 is 3.00 bits per heavy atom. The Labute approximate surface area is 111 Å². The maximum atomic E-state index is 5.58. The molecule has 0 unspecified atom stereocenters. The zero-order chi connectivity index (χ0) is 12.2. The van der Waals surface area contributed by atoms with Crippen molar-refractivity contribution >= 4 is 11.8 Å². The van der Waals surface area contributed by atoms with E-state index in [2.05, 4.69) is 20.8 Å². The van der Waals surface area contributed by atoms with Crippen LogP contribution in [0.1, 0.15) is 25.7 Å². The highest BCUT2D eigenvalue weighted by Gasteiger charge is 2.21. The van der Waals surface area contributed by atoms with Gasteiger partial charge in [0.2, 0.25) is 5.16 Å². The lowest BCUT2D eigenvalue weighted by Crippen LogP contribution is -2.22. The third kappa shape index (κ3) is 3.93. The van der Waals surface area contributed by atoms with E-state index in [0.717, 1.165) is 36.8 Å². The lowest BCUT2D eigenvalue weighted by molar-refractivity contribution is 0.170. The molecular weight excluding hydrogens is 250 g/mol. The highest BCUT2D eigenvalue weighted by molar-refractivity contribution is 7.99. The van der Waals surface area contributed by atoms with Crippen molar-refractivity contribution in [3.05, 3.63) is 0 Å². The molecule has 2 aliphatic carbocycles. The average Bonchev–Trinajstić information content (AvgIpc) is 3.27. The number of tetrazole rings is 1. The summed E-state index contributed by atoms with van der Waals surface area (Å²) in [4.78, 5) is 0. The minimum atomic E-state index is 0.646. The summed E-state index contributed by atoms with van der Waals surface area (Å²) >= 11 is 1.57. The molecule has 6 nitrogen and oxygen atoms in total. The molecule has 1 aromatic heterocycles. The van der Waals surface area contributed by atoms with Gasteiger partial charge in [0, 0.05) is 12.6 Å². The van der Waals surface area contributed by atoms with E-state index in [9.17, 15) is 0 Å². The van der Waals surface area contributed by atoms with Crippen LogP contribution in [0.4, 0.5) is 0 Å². The van der Waals surface area contributed by atoms with E-state index >= 15 is 0 Å². The van der Waals surface area contributed by atoms with Gasteiger partial charge in [-0.1, -0.05) is 11.8 Å². The van der Waals surface area contributed by atoms with Gasteiger partial charge in [-0.2, -0.15) is 0 Å². The van der Waals surface area contributed by atoms with Crippen LogP contribution in [0.5, 0.6) is 0 Å². The Balaban J connectivity index is 1.35. The van der Waals surface area contributed by atoms with Gasteiger partial charge < -0.3 is 10.1 Å². The molecular formula is C11H19N5OS. The molecule has 3 rings (SSSR count). The van der Waals surface area contributed by atoms with Crippen LogP contribution in [0.2, 0.25) is 0 Å². The maximum absolute atomic E-state index is 5.58. The largest absolute Gasteiger partial charge is 0.370 e. The molecule has 0 aromatic carbocycles. The quantitative estimate of drug-likeness (QED) is 0.408. The second-order valence-corrected chi connectivity index (χ2v) is 5.88. The SMILES string of the molecule is C(Cn1nnnc1SCOCC1CC1)NC1CC1. The Hall–Kier alpha value is -0.660. The molecule has 1 N–H and O–H groups in total. The first-order valence-electron chi connectivity index (χ1n) is 6.62. The Bertz CT molecular complexity index is 377. The van der Waals surface area contributed by atoms with E-state index in [1.165, 1.54) is 25.7 Å². The van der Waals surface area contributed by atoms with Crippen molar-refractivity contribution in [2.75, 3.05) is 19.1 Å². The summed E-state index contributed by atoms with van der Waals surface area (Å²) in [7, 11) is 0. The van der Waals surface area contributed by atoms with Gasteiger partial charge in [-0.25, -0.2) is 4.68 Å². The zero-order valence-corrected chi connectivity index (χ0v) is 11.2. The van der Waals surface area contributed by atoms with Crippen LogP contribution in [-0.2, 0) is 11.3 Å². The highest BCUT2D eigenvalue weighted by Crippen LogP contribution is 2.29. The van der Waals surface area contributed by atoms with Crippen LogP contribution in [0.25, 0.3) is 0 Å². The van der Waals surface area contributed by atoms with Crippen LogP contribution >= 0.6 is 11.8 Å². The summed E-state index contributed by atoms with van der Waals surface area (Å²) in [6, 6.07) is 0.736. The number of aromatic nitrogens is 4. The van der Waals surface area contributed by atoms with Crippen molar-refractivity contribution in [1.29, 1.82) is 0 Å². The fraction of sp³-hybridized carbons (Fsp3) is 0.909. The highest BCUT2D eigenvalue weighted by atomic mass is 32.2. The van der Waals surface area contributed by atoms with E-state index in [1.54, 1.807) is 11.8 Å². The van der Waals surface area contributed by atoms with E-state index < -0.39 is 0 Å². The second-order valence-electron chi connectivity index (χ2n) is 4.99. The van der Waals surface area contributed by atoms with Crippen LogP contribution in [0.15, 0.2) is 5.16 Å². The number of rotatable bonds is 9. The van der Waals surface area contributed by atoms with Crippen LogP contribution < -0.4 is 5.32 Å². The van der Waals surface area contributed by atoms with Crippen molar-refractivity contribution in [1.82, 2.24) is 25.5 Å². The molecule has 0 atom stereocenters. The monoisotopic (exact) mass is 269 g/mol. The first-order chi connectivity index (χ1) is 8.92. The molecule has 0 amide bonds. The lowest BCUT2D eigenvalue weighted by Gasteiger charge is -2.05. The summed E-state index contributed by atoms with van der Waals surface area (Å²) in [5.41, 5.74) is 0. The standard InChI is InChI=1S/C11H19N5OS/c1-2-9(1)7-17-8-18-11-13-14-15-16(11)6-5-12-10-3-4-10/h9-10,12H,1-8H2. The van der Waals surface area contributed by atoms with Gasteiger partial charge in [-0.3, -0.25) is 0 Å². The van der Waals surface area contributed by atoms with Crippen molar-refractivity contribution in [2.45, 2.75) is 43.4 Å². The first-order valence-corrected chi connectivity index (χ1v) is 7.60. The Morgan fingerprint density at radius 2 is 2.22 bits per heavy atom. The molecule has 2 aliphatic rings. The third-order valence-electron chi connectivity index (χ3n) is 3.15. The van der Waals surface area contributed by atoms with Crippen LogP contribution in [0, 0.1) is 5.92 Å². The van der Waals surface area contributed by atoms with Crippen molar-refractivity contribution in [2.24, 2.45) is 5.92 Å². The van der Waals surface area contributed by atoms with E-state index in [4.69, 9.17) is 4.74 Å². The normalized spacial score (nSPS) is 19.3. The minimum absolute atomic E-state index is 0.646. The molecule has 2 fully saturated rings. The van der Waals surface area contributed by atoms with Gasteiger partial charge in [0.25, 0.3) is 0 Å². The lowest BCUT2D eigenvalue weighted by atomic mass is 10.5. The molecule has 1 heterocycles. The fourth-order valence-electron chi connectivity index (χ4n) is 1.70. The summed E-state index contributed by atoms with van der Waals surface area (Å²) < 4.78 is 7.42. The fourth-order valence-corrected chi connectivity index (χ4v) is 2.35. The number of nitrogens with one attached hydrogen (secondary N) is 1. The van der Waals surface area contributed by atoms with Crippen LogP contribution in [-0.4, -0.2) is 45.3 Å². The van der Waals surface area contributed by atoms with Crippen molar-refractivity contribution in [3.63, 3.8) is 0 Å². The molecule has 1 aromatic rings. The third-order valence-corrected chi connectivity index (χ3v) is 3.99. The van der Waals surface area contributed by atoms with Crippen molar-refractivity contribution in [3.8, 4) is 0 Å². The molecule has 100 valence electrons. The minimum Gasteiger partial charge on any atom is -0.370 e. The smallest absolute Gasteiger partial charge is 0.211 e. The topological polar surface area (TPSA) is 64.9 Å². The molecule has 0 saturated heterocycles. The van der Waals surface area contributed by atoms with Gasteiger partial charge in [0.05, 0.1) is 19.1 Å². The molecule has 18 heavy (non-hydrogen) atoms. The number of ether oxygens (including phenoxy) is 1. The number of hydrogen-bond acceptors (Lipinski definition) is 6. The Kier molecular flexibility index (Phi) is 4.12. The summed E-state index contributed by atoms with van der Waals surface area (Å²) in [6.07, 6.45) is 5.28. The average molecular weight is 269 g/mol. The van der Waals surface area contributed by atoms with E-state index in [1.807, 2.05) is 4.68 Å².